The molecule has 0 aliphatic heterocycles. The lowest BCUT2D eigenvalue weighted by molar-refractivity contribution is 0.745. The summed E-state index contributed by atoms with van der Waals surface area (Å²) in [6.07, 6.45) is 10.4. The first kappa shape index (κ1) is 25.2. The molecule has 0 fully saturated rings. The van der Waals surface area contributed by atoms with Crippen LogP contribution in [0, 0.1) is 0 Å². The van der Waals surface area contributed by atoms with Crippen LogP contribution in [0.3, 0.4) is 0 Å². The molecule has 0 radical (unpaired) electrons. The summed E-state index contributed by atoms with van der Waals surface area (Å²) < 4.78 is 0. The zero-order valence-corrected chi connectivity index (χ0v) is 21.4. The van der Waals surface area contributed by atoms with Crippen LogP contribution < -0.4 is 9.80 Å². The van der Waals surface area contributed by atoms with E-state index in [9.17, 15) is 0 Å². The van der Waals surface area contributed by atoms with E-state index >= 15 is 0 Å². The van der Waals surface area contributed by atoms with Crippen LogP contribution in [0.5, 0.6) is 0 Å². The fourth-order valence-corrected chi connectivity index (χ4v) is 4.31. The van der Waals surface area contributed by atoms with Crippen molar-refractivity contribution in [2.75, 3.05) is 22.9 Å². The van der Waals surface area contributed by atoms with Crippen molar-refractivity contribution in [2.45, 2.75) is 39.8 Å². The SMILES string of the molecule is CCCN(CCC)c1ccc(C=Cc2ccc(N(Cc3ccccn3)Cc3ccccn3)cc2)cc1. The Morgan fingerprint density at radius 3 is 1.39 bits per heavy atom. The Hall–Kier alpha value is -3.92. The van der Waals surface area contributed by atoms with Gasteiger partial charge >= 0.3 is 0 Å². The standard InChI is InChI=1S/C32H36N4/c1-3-23-35(24-4-2)31-17-13-27(14-18-31)11-12-28-15-19-32(20-16-28)36(25-29-9-5-7-21-33-29)26-30-10-6-8-22-34-30/h5-22H,3-4,23-26H2,1-2H3. The molecule has 2 heterocycles. The first-order valence-corrected chi connectivity index (χ1v) is 12.9. The molecular weight excluding hydrogens is 440 g/mol. The first-order valence-electron chi connectivity index (χ1n) is 12.9. The number of rotatable bonds is 12. The van der Waals surface area contributed by atoms with E-state index in [1.165, 1.54) is 29.7 Å². The van der Waals surface area contributed by atoms with Gasteiger partial charge in [0.15, 0.2) is 0 Å². The lowest BCUT2D eigenvalue weighted by atomic mass is 10.1. The number of hydrogen-bond donors (Lipinski definition) is 0. The number of aromatic nitrogens is 2. The van der Waals surface area contributed by atoms with Gasteiger partial charge in [0, 0.05) is 36.9 Å². The third kappa shape index (κ3) is 7.29. The second-order valence-corrected chi connectivity index (χ2v) is 9.00. The molecule has 4 heteroatoms. The monoisotopic (exact) mass is 476 g/mol. The highest BCUT2D eigenvalue weighted by molar-refractivity contribution is 5.71. The molecule has 0 atom stereocenters. The Kier molecular flexibility index (Phi) is 9.26. The van der Waals surface area contributed by atoms with Crippen LogP contribution >= 0.6 is 0 Å². The van der Waals surface area contributed by atoms with Gasteiger partial charge in [0.2, 0.25) is 0 Å². The molecule has 2 aromatic carbocycles. The Bertz CT molecular complexity index is 1140. The molecular formula is C32H36N4. The normalized spacial score (nSPS) is 11.1. The summed E-state index contributed by atoms with van der Waals surface area (Å²) in [5, 5.41) is 0. The summed E-state index contributed by atoms with van der Waals surface area (Å²) in [6.45, 7) is 8.14. The largest absolute Gasteiger partial charge is 0.372 e. The maximum Gasteiger partial charge on any atom is 0.0606 e. The van der Waals surface area contributed by atoms with Crippen molar-refractivity contribution in [3.8, 4) is 0 Å². The van der Waals surface area contributed by atoms with E-state index in [-0.39, 0.29) is 0 Å². The van der Waals surface area contributed by atoms with E-state index in [4.69, 9.17) is 0 Å². The number of benzene rings is 2. The summed E-state index contributed by atoms with van der Waals surface area (Å²) >= 11 is 0. The van der Waals surface area contributed by atoms with Gasteiger partial charge in [-0.2, -0.15) is 0 Å². The summed E-state index contributed by atoms with van der Waals surface area (Å²) in [5.74, 6) is 0. The van der Waals surface area contributed by atoms with Crippen molar-refractivity contribution in [1.82, 2.24) is 9.97 Å². The maximum absolute atomic E-state index is 4.53. The molecule has 0 aliphatic rings. The van der Waals surface area contributed by atoms with Crippen LogP contribution in [0.25, 0.3) is 12.2 Å². The van der Waals surface area contributed by atoms with Crippen molar-refractivity contribution in [1.29, 1.82) is 0 Å². The van der Waals surface area contributed by atoms with E-state index in [2.05, 4.69) is 106 Å². The fourth-order valence-electron chi connectivity index (χ4n) is 4.31. The number of pyridine rings is 2. The molecule has 4 aromatic rings. The van der Waals surface area contributed by atoms with Crippen LogP contribution in [0.2, 0.25) is 0 Å². The van der Waals surface area contributed by atoms with Crippen LogP contribution in [-0.2, 0) is 13.1 Å². The van der Waals surface area contributed by atoms with Crippen molar-refractivity contribution in [2.24, 2.45) is 0 Å². The van der Waals surface area contributed by atoms with Crippen LogP contribution in [0.15, 0.2) is 97.3 Å². The van der Waals surface area contributed by atoms with Gasteiger partial charge in [-0.25, -0.2) is 0 Å². The number of hydrogen-bond acceptors (Lipinski definition) is 4. The fraction of sp³-hybridized carbons (Fsp3) is 0.250. The minimum Gasteiger partial charge on any atom is -0.372 e. The van der Waals surface area contributed by atoms with E-state index in [1.807, 2.05) is 36.7 Å². The number of nitrogens with zero attached hydrogens (tertiary/aromatic N) is 4. The predicted molar refractivity (Wildman–Crippen MR) is 153 cm³/mol. The highest BCUT2D eigenvalue weighted by atomic mass is 15.1. The molecule has 0 N–H and O–H groups in total. The molecule has 36 heavy (non-hydrogen) atoms. The van der Waals surface area contributed by atoms with Crippen molar-refractivity contribution >= 4 is 23.5 Å². The average molecular weight is 477 g/mol. The zero-order chi connectivity index (χ0) is 25.0. The van der Waals surface area contributed by atoms with E-state index < -0.39 is 0 Å². The molecule has 0 aliphatic carbocycles. The number of anilines is 2. The van der Waals surface area contributed by atoms with Gasteiger partial charge in [0.1, 0.15) is 0 Å². The van der Waals surface area contributed by atoms with Crippen molar-refractivity contribution < 1.29 is 0 Å². The molecule has 0 amide bonds. The quantitative estimate of drug-likeness (QED) is 0.198. The van der Waals surface area contributed by atoms with Gasteiger partial charge in [-0.3, -0.25) is 9.97 Å². The van der Waals surface area contributed by atoms with Gasteiger partial charge < -0.3 is 9.80 Å². The molecule has 0 unspecified atom stereocenters. The van der Waals surface area contributed by atoms with Crippen LogP contribution in [0.1, 0.15) is 49.2 Å². The highest BCUT2D eigenvalue weighted by Crippen LogP contribution is 2.22. The second-order valence-electron chi connectivity index (χ2n) is 9.00. The molecule has 0 spiro atoms. The van der Waals surface area contributed by atoms with Gasteiger partial charge in [-0.1, -0.05) is 62.4 Å². The van der Waals surface area contributed by atoms with Gasteiger partial charge in [0.25, 0.3) is 0 Å². The Morgan fingerprint density at radius 1 is 0.556 bits per heavy atom. The summed E-state index contributed by atoms with van der Waals surface area (Å²) in [5.41, 5.74) is 6.93. The zero-order valence-electron chi connectivity index (χ0n) is 21.4. The smallest absolute Gasteiger partial charge is 0.0606 e. The minimum absolute atomic E-state index is 0.728. The van der Waals surface area contributed by atoms with Gasteiger partial charge in [0.05, 0.1) is 24.5 Å². The third-order valence-electron chi connectivity index (χ3n) is 6.13. The van der Waals surface area contributed by atoms with E-state index in [0.717, 1.165) is 43.3 Å². The summed E-state index contributed by atoms with van der Waals surface area (Å²) in [6, 6.07) is 29.7. The predicted octanol–water partition coefficient (Wildman–Crippen LogP) is 7.48. The Labute approximate surface area is 216 Å². The Balaban J connectivity index is 1.46. The maximum atomic E-state index is 4.53. The molecule has 4 nitrogen and oxygen atoms in total. The highest BCUT2D eigenvalue weighted by Gasteiger charge is 2.10. The lowest BCUT2D eigenvalue weighted by Crippen LogP contribution is -2.24. The van der Waals surface area contributed by atoms with Crippen molar-refractivity contribution in [3.63, 3.8) is 0 Å². The van der Waals surface area contributed by atoms with Gasteiger partial charge in [-0.05, 0) is 72.5 Å². The van der Waals surface area contributed by atoms with Crippen molar-refractivity contribution in [3.05, 3.63) is 120 Å². The Morgan fingerprint density at radius 2 is 1.00 bits per heavy atom. The molecule has 2 aromatic heterocycles. The molecule has 4 rings (SSSR count). The first-order chi connectivity index (χ1) is 17.7. The molecule has 0 saturated heterocycles. The minimum atomic E-state index is 0.728. The lowest BCUT2D eigenvalue weighted by Gasteiger charge is -2.24. The van der Waals surface area contributed by atoms with E-state index in [0.29, 0.717) is 0 Å². The third-order valence-corrected chi connectivity index (χ3v) is 6.13. The molecule has 0 saturated carbocycles. The van der Waals surface area contributed by atoms with Gasteiger partial charge in [-0.15, -0.1) is 0 Å². The summed E-state index contributed by atoms with van der Waals surface area (Å²) in [7, 11) is 0. The summed E-state index contributed by atoms with van der Waals surface area (Å²) in [4.78, 5) is 13.8. The second kappa shape index (κ2) is 13.2. The van der Waals surface area contributed by atoms with Crippen LogP contribution in [-0.4, -0.2) is 23.1 Å². The van der Waals surface area contributed by atoms with E-state index in [1.54, 1.807) is 0 Å². The average Bonchev–Trinajstić information content (AvgIpc) is 2.93. The molecule has 0 bridgehead atoms. The molecule has 184 valence electrons. The topological polar surface area (TPSA) is 32.3 Å². The van der Waals surface area contributed by atoms with Crippen LogP contribution in [0.4, 0.5) is 11.4 Å².